The van der Waals surface area contributed by atoms with Crippen molar-refractivity contribution < 1.29 is 19.4 Å². The van der Waals surface area contributed by atoms with Crippen molar-refractivity contribution in [2.24, 2.45) is 17.8 Å². The van der Waals surface area contributed by atoms with Crippen LogP contribution in [0, 0.1) is 17.8 Å². The zero-order valence-electron chi connectivity index (χ0n) is 7.23. The number of fused-ring (bicyclic) bond motifs is 1. The molecule has 0 amide bonds. The lowest BCUT2D eigenvalue weighted by Gasteiger charge is -2.25. The highest BCUT2D eigenvalue weighted by atomic mass is 16.5. The molecule has 0 aromatic carbocycles. The molecule has 1 N–H and O–H groups in total. The second-order valence-electron chi connectivity index (χ2n) is 3.76. The van der Waals surface area contributed by atoms with Crippen molar-refractivity contribution in [1.29, 1.82) is 0 Å². The van der Waals surface area contributed by atoms with Crippen LogP contribution in [0.4, 0.5) is 0 Å². The molecule has 0 aromatic rings. The Balaban J connectivity index is 2.18. The zero-order chi connectivity index (χ0) is 9.42. The topological polar surface area (TPSA) is 63.6 Å². The molecule has 1 saturated carbocycles. The van der Waals surface area contributed by atoms with Gasteiger partial charge < -0.3 is 9.84 Å². The van der Waals surface area contributed by atoms with Gasteiger partial charge in [-0.25, -0.2) is 0 Å². The van der Waals surface area contributed by atoms with Gasteiger partial charge in [-0.2, -0.15) is 0 Å². The van der Waals surface area contributed by atoms with Crippen LogP contribution in [0.2, 0.25) is 0 Å². The molecule has 0 radical (unpaired) electrons. The molecular weight excluding hydrogens is 172 g/mol. The van der Waals surface area contributed by atoms with Crippen LogP contribution in [0.5, 0.6) is 0 Å². The number of esters is 1. The van der Waals surface area contributed by atoms with E-state index in [0.717, 1.165) is 12.8 Å². The van der Waals surface area contributed by atoms with E-state index >= 15 is 0 Å². The molecule has 0 unspecified atom stereocenters. The first-order valence-electron chi connectivity index (χ1n) is 4.59. The summed E-state index contributed by atoms with van der Waals surface area (Å²) >= 11 is 0. The summed E-state index contributed by atoms with van der Waals surface area (Å²) in [6, 6.07) is 0. The van der Waals surface area contributed by atoms with Crippen molar-refractivity contribution in [2.75, 3.05) is 6.61 Å². The minimum atomic E-state index is -0.855. The van der Waals surface area contributed by atoms with Gasteiger partial charge in [-0.05, 0) is 25.2 Å². The molecule has 0 spiro atoms. The molecule has 2 fully saturated rings. The predicted octanol–water partition coefficient (Wildman–Crippen LogP) is 0.660. The van der Waals surface area contributed by atoms with Crippen molar-refractivity contribution in [3.8, 4) is 0 Å². The number of rotatable bonds is 1. The van der Waals surface area contributed by atoms with E-state index in [4.69, 9.17) is 9.84 Å². The van der Waals surface area contributed by atoms with Gasteiger partial charge >= 0.3 is 11.9 Å². The number of aliphatic carboxylic acids is 1. The average Bonchev–Trinajstić information content (AvgIpc) is 2.49. The van der Waals surface area contributed by atoms with Crippen LogP contribution in [0.1, 0.15) is 19.3 Å². The van der Waals surface area contributed by atoms with Crippen LogP contribution in [-0.2, 0) is 14.3 Å². The monoisotopic (exact) mass is 184 g/mol. The number of carboxylic acid groups (broad SMARTS) is 1. The fourth-order valence-corrected chi connectivity index (χ4v) is 2.45. The van der Waals surface area contributed by atoms with E-state index in [-0.39, 0.29) is 17.8 Å². The van der Waals surface area contributed by atoms with Gasteiger partial charge in [0.2, 0.25) is 0 Å². The smallest absolute Gasteiger partial charge is 0.310 e. The molecule has 4 nitrogen and oxygen atoms in total. The van der Waals surface area contributed by atoms with Crippen LogP contribution >= 0.6 is 0 Å². The summed E-state index contributed by atoms with van der Waals surface area (Å²) in [6.07, 6.45) is 2.32. The van der Waals surface area contributed by atoms with E-state index in [1.165, 1.54) is 0 Å². The van der Waals surface area contributed by atoms with Gasteiger partial charge in [0.25, 0.3) is 0 Å². The van der Waals surface area contributed by atoms with Gasteiger partial charge in [0, 0.05) is 0 Å². The summed E-state index contributed by atoms with van der Waals surface area (Å²) in [5, 5.41) is 8.86. The van der Waals surface area contributed by atoms with E-state index in [9.17, 15) is 9.59 Å². The minimum Gasteiger partial charge on any atom is -0.481 e. The molecule has 0 bridgehead atoms. The first kappa shape index (κ1) is 8.53. The zero-order valence-corrected chi connectivity index (χ0v) is 7.23. The number of carboxylic acids is 1. The summed E-state index contributed by atoms with van der Waals surface area (Å²) in [6.45, 7) is 0.465. The third-order valence-electron chi connectivity index (χ3n) is 3.11. The van der Waals surface area contributed by atoms with Crippen molar-refractivity contribution in [3.05, 3.63) is 0 Å². The number of carbonyl (C=O) groups is 2. The van der Waals surface area contributed by atoms with Gasteiger partial charge in [0.1, 0.15) is 0 Å². The number of carbonyl (C=O) groups excluding carboxylic acids is 1. The maximum Gasteiger partial charge on any atom is 0.310 e. The first-order valence-corrected chi connectivity index (χ1v) is 4.59. The highest BCUT2D eigenvalue weighted by Crippen LogP contribution is 2.42. The summed E-state index contributed by atoms with van der Waals surface area (Å²) in [4.78, 5) is 22.1. The standard InChI is InChI=1S/C9H12O4/c10-8(11)6-2-1-5-3-4-13-9(12)7(5)6/h5-7H,1-4H2,(H,10,11)/t5-,6+,7+/m1/s1. The van der Waals surface area contributed by atoms with Crippen LogP contribution in [0.25, 0.3) is 0 Å². The molecule has 1 aliphatic carbocycles. The van der Waals surface area contributed by atoms with Crippen molar-refractivity contribution in [2.45, 2.75) is 19.3 Å². The molecule has 2 aliphatic rings. The highest BCUT2D eigenvalue weighted by Gasteiger charge is 2.47. The predicted molar refractivity (Wildman–Crippen MR) is 42.9 cm³/mol. The largest absolute Gasteiger partial charge is 0.481 e. The van der Waals surface area contributed by atoms with Gasteiger partial charge in [0.05, 0.1) is 18.4 Å². The Morgan fingerprint density at radius 3 is 2.85 bits per heavy atom. The average molecular weight is 184 g/mol. The summed E-state index contributed by atoms with van der Waals surface area (Å²) in [5.41, 5.74) is 0. The fourth-order valence-electron chi connectivity index (χ4n) is 2.45. The SMILES string of the molecule is O=C1OCC[C@H]2CC[C@H](C(=O)O)[C@@H]12. The molecule has 1 heterocycles. The Morgan fingerprint density at radius 1 is 1.38 bits per heavy atom. The van der Waals surface area contributed by atoms with Gasteiger partial charge in [-0.15, -0.1) is 0 Å². The normalized spacial score (nSPS) is 38.2. The third kappa shape index (κ3) is 1.30. The van der Waals surface area contributed by atoms with Gasteiger partial charge in [-0.3, -0.25) is 9.59 Å². The minimum absolute atomic E-state index is 0.252. The molecule has 1 saturated heterocycles. The second kappa shape index (κ2) is 3.01. The summed E-state index contributed by atoms with van der Waals surface area (Å²) < 4.78 is 4.87. The van der Waals surface area contributed by atoms with Crippen molar-refractivity contribution >= 4 is 11.9 Å². The van der Waals surface area contributed by atoms with Gasteiger partial charge in [0.15, 0.2) is 0 Å². The number of ether oxygens (including phenoxy) is 1. The van der Waals surface area contributed by atoms with E-state index in [0.29, 0.717) is 13.0 Å². The van der Waals surface area contributed by atoms with E-state index < -0.39 is 11.9 Å². The van der Waals surface area contributed by atoms with E-state index in [2.05, 4.69) is 0 Å². The molecular formula is C9H12O4. The molecule has 0 aromatic heterocycles. The number of hydrogen-bond acceptors (Lipinski definition) is 3. The lowest BCUT2D eigenvalue weighted by molar-refractivity contribution is -0.162. The van der Waals surface area contributed by atoms with Crippen molar-refractivity contribution in [1.82, 2.24) is 0 Å². The van der Waals surface area contributed by atoms with Gasteiger partial charge in [-0.1, -0.05) is 0 Å². The Bertz CT molecular complexity index is 248. The molecule has 4 heteroatoms. The first-order chi connectivity index (χ1) is 6.20. The van der Waals surface area contributed by atoms with E-state index in [1.54, 1.807) is 0 Å². The number of hydrogen-bond donors (Lipinski definition) is 1. The lowest BCUT2D eigenvalue weighted by Crippen LogP contribution is -2.35. The molecule has 3 atom stereocenters. The Kier molecular flexibility index (Phi) is 1.98. The maximum absolute atomic E-state index is 11.3. The summed E-state index contributed by atoms with van der Waals surface area (Å²) in [7, 11) is 0. The molecule has 1 aliphatic heterocycles. The Hall–Kier alpha value is -1.06. The molecule has 72 valence electrons. The second-order valence-corrected chi connectivity index (χ2v) is 3.76. The maximum atomic E-state index is 11.3. The van der Waals surface area contributed by atoms with Crippen LogP contribution in [0.15, 0.2) is 0 Å². The Morgan fingerprint density at radius 2 is 2.15 bits per heavy atom. The lowest BCUT2D eigenvalue weighted by atomic mass is 9.86. The Labute approximate surface area is 75.9 Å². The van der Waals surface area contributed by atoms with Crippen molar-refractivity contribution in [3.63, 3.8) is 0 Å². The van der Waals surface area contributed by atoms with E-state index in [1.807, 2.05) is 0 Å². The van der Waals surface area contributed by atoms with Crippen LogP contribution < -0.4 is 0 Å². The van der Waals surface area contributed by atoms with Crippen LogP contribution in [-0.4, -0.2) is 23.7 Å². The molecule has 13 heavy (non-hydrogen) atoms. The fraction of sp³-hybridized carbons (Fsp3) is 0.778. The third-order valence-corrected chi connectivity index (χ3v) is 3.11. The highest BCUT2D eigenvalue weighted by molar-refractivity contribution is 5.82. The molecule has 2 rings (SSSR count). The number of cyclic esters (lactones) is 1. The summed E-state index contributed by atoms with van der Waals surface area (Å²) in [5.74, 6) is -1.78. The quantitative estimate of drug-likeness (QED) is 0.608. The van der Waals surface area contributed by atoms with Crippen LogP contribution in [0.3, 0.4) is 0 Å².